The van der Waals surface area contributed by atoms with Crippen LogP contribution in [0, 0.1) is 18.3 Å². The minimum absolute atomic E-state index is 0.0146. The Morgan fingerprint density at radius 3 is 2.59 bits per heavy atom. The quantitative estimate of drug-likeness (QED) is 0.223. The number of carbonyl (C=O) groups excluding carboxylic acids is 2. The molecule has 1 heterocycles. The monoisotopic (exact) mass is 630 g/mol. The fourth-order valence-electron chi connectivity index (χ4n) is 5.28. The highest BCUT2D eigenvalue weighted by atomic mass is 79.9. The first-order chi connectivity index (χ1) is 19.5. The van der Waals surface area contributed by atoms with Gasteiger partial charge in [-0.3, -0.25) is 4.79 Å². The van der Waals surface area contributed by atoms with Crippen molar-refractivity contribution in [2.24, 2.45) is 11.3 Å². The van der Waals surface area contributed by atoms with Crippen molar-refractivity contribution in [2.45, 2.75) is 40.5 Å². The van der Waals surface area contributed by atoms with Gasteiger partial charge >= 0.3 is 5.97 Å². The van der Waals surface area contributed by atoms with E-state index in [1.165, 1.54) is 0 Å². The van der Waals surface area contributed by atoms with E-state index in [1.54, 1.807) is 0 Å². The number of nitrogens with zero attached hydrogens (tertiary/aromatic N) is 1. The maximum atomic E-state index is 13.8. The topological polar surface area (TPSA) is 68.3 Å². The zero-order chi connectivity index (χ0) is 29.3. The summed E-state index contributed by atoms with van der Waals surface area (Å²) in [5, 5.41) is 4.19. The highest BCUT2D eigenvalue weighted by Crippen LogP contribution is 2.45. The average molecular weight is 632 g/mol. The Hall–Kier alpha value is -3.48. The fraction of sp³-hybridized carbons (Fsp3) is 0.265. The van der Waals surface area contributed by atoms with Crippen molar-refractivity contribution in [2.75, 3.05) is 11.9 Å². The predicted molar refractivity (Wildman–Crippen MR) is 170 cm³/mol. The van der Waals surface area contributed by atoms with E-state index in [4.69, 9.17) is 21.3 Å². The fourth-order valence-corrected chi connectivity index (χ4v) is 6.07. The Balaban J connectivity index is 1.54. The highest BCUT2D eigenvalue weighted by Gasteiger charge is 2.35. The van der Waals surface area contributed by atoms with Crippen LogP contribution in [0.3, 0.4) is 0 Å². The Kier molecular flexibility index (Phi) is 8.35. The Bertz CT molecular complexity index is 1690. The molecule has 4 aromatic rings. The predicted octanol–water partition coefficient (Wildman–Crippen LogP) is 8.90. The van der Waals surface area contributed by atoms with E-state index in [2.05, 4.69) is 48.1 Å². The number of anilines is 1. The molecule has 7 heteroatoms. The van der Waals surface area contributed by atoms with E-state index in [-0.39, 0.29) is 11.3 Å². The second-order valence-corrected chi connectivity index (χ2v) is 12.9. The molecular weight excluding hydrogens is 600 g/mol. The van der Waals surface area contributed by atoms with Crippen molar-refractivity contribution in [3.8, 4) is 0 Å². The molecule has 1 aromatic heterocycles. The number of para-hydroxylation sites is 1. The summed E-state index contributed by atoms with van der Waals surface area (Å²) in [6, 6.07) is 20.9. The number of aryl methyl sites for hydroxylation is 1. The summed E-state index contributed by atoms with van der Waals surface area (Å²) in [4.78, 5) is 31.6. The standard InChI is InChI=1S/C34H32BrClN2O3/c1-20-12-13-29(27(35)14-20)37-30(39)19-41-33(40)31-25-10-5-6-11-28(25)38-32-22(15-21-8-7-9-24(36)16-21)17-23(18-26(31)32)34(2,3)4/h5-16,23H,17-19H2,1-4H3,(H,37,39). The molecule has 0 saturated heterocycles. The minimum atomic E-state index is -0.533. The summed E-state index contributed by atoms with van der Waals surface area (Å²) in [7, 11) is 0. The molecule has 1 atom stereocenters. The number of carbonyl (C=O) groups is 2. The molecule has 1 aliphatic rings. The van der Waals surface area contributed by atoms with Crippen molar-refractivity contribution in [1.29, 1.82) is 0 Å². The van der Waals surface area contributed by atoms with Crippen LogP contribution in [0.5, 0.6) is 0 Å². The summed E-state index contributed by atoms with van der Waals surface area (Å²) in [6.45, 7) is 8.23. The lowest BCUT2D eigenvalue weighted by atomic mass is 9.69. The molecule has 5 rings (SSSR count). The molecule has 210 valence electrons. The molecule has 1 amide bonds. The van der Waals surface area contributed by atoms with Crippen molar-refractivity contribution in [3.63, 3.8) is 0 Å². The molecule has 5 nitrogen and oxygen atoms in total. The molecular formula is C34H32BrClN2O3. The Morgan fingerprint density at radius 2 is 1.85 bits per heavy atom. The summed E-state index contributed by atoms with van der Waals surface area (Å²) in [5.41, 5.74) is 6.53. The van der Waals surface area contributed by atoms with Gasteiger partial charge in [-0.1, -0.05) is 68.8 Å². The molecule has 41 heavy (non-hydrogen) atoms. The lowest BCUT2D eigenvalue weighted by Crippen LogP contribution is -2.29. The molecule has 1 unspecified atom stereocenters. The van der Waals surface area contributed by atoms with E-state index in [0.29, 0.717) is 28.2 Å². The lowest BCUT2D eigenvalue weighted by molar-refractivity contribution is -0.119. The van der Waals surface area contributed by atoms with Crippen LogP contribution in [-0.2, 0) is 16.0 Å². The third-order valence-electron chi connectivity index (χ3n) is 7.57. The van der Waals surface area contributed by atoms with Gasteiger partial charge in [0, 0.05) is 14.9 Å². The molecule has 0 radical (unpaired) electrons. The molecule has 0 aliphatic heterocycles. The van der Waals surface area contributed by atoms with E-state index >= 15 is 0 Å². The second-order valence-electron chi connectivity index (χ2n) is 11.6. The maximum Gasteiger partial charge on any atom is 0.339 e. The highest BCUT2D eigenvalue weighted by molar-refractivity contribution is 9.10. The van der Waals surface area contributed by atoms with Gasteiger partial charge in [-0.05, 0) is 106 Å². The van der Waals surface area contributed by atoms with Crippen LogP contribution >= 0.6 is 27.5 Å². The smallest absolute Gasteiger partial charge is 0.339 e. The van der Waals surface area contributed by atoms with Crippen LogP contribution in [0.15, 0.2) is 71.2 Å². The van der Waals surface area contributed by atoms with Gasteiger partial charge in [0.2, 0.25) is 0 Å². The molecule has 1 aliphatic carbocycles. The van der Waals surface area contributed by atoms with Gasteiger partial charge in [-0.2, -0.15) is 0 Å². The lowest BCUT2D eigenvalue weighted by Gasteiger charge is -2.36. The van der Waals surface area contributed by atoms with Crippen molar-refractivity contribution in [1.82, 2.24) is 4.98 Å². The average Bonchev–Trinajstić information content (AvgIpc) is 2.91. The number of fused-ring (bicyclic) bond motifs is 2. The van der Waals surface area contributed by atoms with Crippen LogP contribution in [0.1, 0.15) is 59.9 Å². The molecule has 3 aromatic carbocycles. The SMILES string of the molecule is Cc1ccc(NC(=O)COC(=O)c2c3c(nc4ccccc24)C(=Cc2cccc(Cl)c2)CC(C(C)(C)C)C3)c(Br)c1. The number of rotatable bonds is 5. The molecule has 1 N–H and O–H groups in total. The third kappa shape index (κ3) is 6.55. The molecule has 0 fully saturated rings. The van der Waals surface area contributed by atoms with Gasteiger partial charge in [0.05, 0.1) is 22.5 Å². The number of ether oxygens (including phenoxy) is 1. The summed E-state index contributed by atoms with van der Waals surface area (Å²) >= 11 is 9.77. The number of aromatic nitrogens is 1. The van der Waals surface area contributed by atoms with Crippen molar-refractivity contribution >= 4 is 67.6 Å². The number of halogens is 2. The first-order valence-electron chi connectivity index (χ1n) is 13.6. The number of pyridine rings is 1. The maximum absolute atomic E-state index is 13.8. The van der Waals surface area contributed by atoms with Crippen LogP contribution in [-0.4, -0.2) is 23.5 Å². The first-order valence-corrected chi connectivity index (χ1v) is 14.8. The summed E-state index contributed by atoms with van der Waals surface area (Å²) < 4.78 is 6.42. The van der Waals surface area contributed by atoms with Gasteiger partial charge in [0.15, 0.2) is 6.61 Å². The van der Waals surface area contributed by atoms with Crippen LogP contribution in [0.25, 0.3) is 22.6 Å². The number of amides is 1. The molecule has 0 spiro atoms. The number of hydrogen-bond donors (Lipinski definition) is 1. The number of esters is 1. The summed E-state index contributed by atoms with van der Waals surface area (Å²) in [5.74, 6) is -0.684. The van der Waals surface area contributed by atoms with Gasteiger partial charge < -0.3 is 10.1 Å². The zero-order valence-electron chi connectivity index (χ0n) is 23.6. The van der Waals surface area contributed by atoms with Crippen LogP contribution in [0.4, 0.5) is 5.69 Å². The Labute approximate surface area is 254 Å². The number of allylic oxidation sites excluding steroid dienone is 1. The minimum Gasteiger partial charge on any atom is -0.452 e. The molecule has 0 bridgehead atoms. The van der Waals surface area contributed by atoms with E-state index < -0.39 is 18.5 Å². The van der Waals surface area contributed by atoms with Gasteiger partial charge in [-0.25, -0.2) is 9.78 Å². The van der Waals surface area contributed by atoms with Gasteiger partial charge in [0.25, 0.3) is 5.91 Å². The van der Waals surface area contributed by atoms with Crippen molar-refractivity contribution < 1.29 is 14.3 Å². The number of nitrogens with one attached hydrogen (secondary N) is 1. The van der Waals surface area contributed by atoms with E-state index in [1.807, 2.05) is 73.7 Å². The largest absolute Gasteiger partial charge is 0.452 e. The van der Waals surface area contributed by atoms with Crippen LogP contribution in [0.2, 0.25) is 5.02 Å². The van der Waals surface area contributed by atoms with E-state index in [0.717, 1.165) is 44.2 Å². The van der Waals surface area contributed by atoms with E-state index in [9.17, 15) is 9.59 Å². The number of hydrogen-bond acceptors (Lipinski definition) is 4. The van der Waals surface area contributed by atoms with Crippen LogP contribution < -0.4 is 5.32 Å². The normalized spacial score (nSPS) is 16.0. The Morgan fingerprint density at radius 1 is 1.07 bits per heavy atom. The summed E-state index contributed by atoms with van der Waals surface area (Å²) in [6.07, 6.45) is 3.61. The second kappa shape index (κ2) is 11.8. The first kappa shape index (κ1) is 29.0. The van der Waals surface area contributed by atoms with Crippen molar-refractivity contribution in [3.05, 3.63) is 104 Å². The molecule has 0 saturated carbocycles. The third-order valence-corrected chi connectivity index (χ3v) is 8.46. The zero-order valence-corrected chi connectivity index (χ0v) is 25.9. The van der Waals surface area contributed by atoms with Gasteiger partial charge in [-0.15, -0.1) is 0 Å². The van der Waals surface area contributed by atoms with Gasteiger partial charge in [0.1, 0.15) is 0 Å². The number of benzene rings is 3.